The van der Waals surface area contributed by atoms with Crippen LogP contribution in [0.5, 0.6) is 5.75 Å². The number of carbonyl (C=O) groups is 1. The highest BCUT2D eigenvalue weighted by molar-refractivity contribution is 5.92. The van der Waals surface area contributed by atoms with E-state index in [1.807, 2.05) is 25.1 Å². The first-order valence-electron chi connectivity index (χ1n) is 9.32. The molecular formula is C22H23N3O2. The lowest BCUT2D eigenvalue weighted by Gasteiger charge is -2.20. The van der Waals surface area contributed by atoms with Gasteiger partial charge < -0.3 is 14.8 Å². The predicted octanol–water partition coefficient (Wildman–Crippen LogP) is 4.12. The number of nitrogens with zero attached hydrogens (tertiary/aromatic N) is 3. The second-order valence-electron chi connectivity index (χ2n) is 7.42. The maximum absolute atomic E-state index is 11.5. The number of para-hydroxylation sites is 1. The third-order valence-corrected chi connectivity index (χ3v) is 5.14. The number of Topliss-reactive ketones (excluding diaryl/α,β-unsaturated/α-hetero) is 1. The van der Waals surface area contributed by atoms with Crippen molar-refractivity contribution >= 4 is 22.5 Å². The van der Waals surface area contributed by atoms with Gasteiger partial charge in [0.15, 0.2) is 5.82 Å². The van der Waals surface area contributed by atoms with Crippen molar-refractivity contribution in [3.05, 3.63) is 48.0 Å². The molecule has 2 aromatic carbocycles. The zero-order valence-corrected chi connectivity index (χ0v) is 15.6. The summed E-state index contributed by atoms with van der Waals surface area (Å²) in [4.78, 5) is 23.3. The topological polar surface area (TPSA) is 66.3 Å². The minimum atomic E-state index is 0.173. The highest BCUT2D eigenvalue weighted by atomic mass is 16.3. The van der Waals surface area contributed by atoms with Crippen LogP contribution >= 0.6 is 0 Å². The molecule has 0 bridgehead atoms. The summed E-state index contributed by atoms with van der Waals surface area (Å²) >= 11 is 0. The first-order chi connectivity index (χ1) is 13.0. The van der Waals surface area contributed by atoms with E-state index in [0.717, 1.165) is 41.8 Å². The van der Waals surface area contributed by atoms with Gasteiger partial charge in [-0.05, 0) is 56.0 Å². The van der Waals surface area contributed by atoms with E-state index >= 15 is 0 Å². The summed E-state index contributed by atoms with van der Waals surface area (Å²) in [7, 11) is 0. The fraction of sp³-hybridized carbons (Fsp3) is 0.318. The Morgan fingerprint density at radius 1 is 1.22 bits per heavy atom. The van der Waals surface area contributed by atoms with Gasteiger partial charge in [-0.1, -0.05) is 18.2 Å². The highest BCUT2D eigenvalue weighted by Gasteiger charge is 2.26. The third-order valence-electron chi connectivity index (χ3n) is 5.14. The fourth-order valence-corrected chi connectivity index (χ4v) is 3.85. The molecule has 138 valence electrons. The van der Waals surface area contributed by atoms with E-state index in [4.69, 9.17) is 9.97 Å². The van der Waals surface area contributed by atoms with Gasteiger partial charge in [0.2, 0.25) is 0 Å². The van der Waals surface area contributed by atoms with E-state index in [9.17, 15) is 9.90 Å². The number of phenolic OH excluding ortho intramolecular Hbond substituents is 1. The average Bonchev–Trinajstić information content (AvgIpc) is 3.08. The summed E-state index contributed by atoms with van der Waals surface area (Å²) in [6, 6.07) is 13.3. The number of phenols is 1. The lowest BCUT2D eigenvalue weighted by molar-refractivity contribution is -0.117. The quantitative estimate of drug-likeness (QED) is 0.757. The summed E-state index contributed by atoms with van der Waals surface area (Å²) in [5, 5.41) is 11.3. The van der Waals surface area contributed by atoms with Gasteiger partial charge in [-0.3, -0.25) is 0 Å². The van der Waals surface area contributed by atoms with Crippen LogP contribution in [-0.4, -0.2) is 33.9 Å². The van der Waals surface area contributed by atoms with Crippen LogP contribution in [0.3, 0.4) is 0 Å². The molecular weight excluding hydrogens is 338 g/mol. The van der Waals surface area contributed by atoms with Crippen molar-refractivity contribution in [2.24, 2.45) is 5.92 Å². The Bertz CT molecular complexity index is 1020. The normalized spacial score (nSPS) is 16.8. The van der Waals surface area contributed by atoms with Gasteiger partial charge in [-0.25, -0.2) is 9.97 Å². The summed E-state index contributed by atoms with van der Waals surface area (Å²) in [6.45, 7) is 5.39. The van der Waals surface area contributed by atoms with Crippen LogP contribution in [0, 0.1) is 12.8 Å². The molecule has 1 aromatic heterocycles. The molecule has 1 atom stereocenters. The number of hydrogen-bond acceptors (Lipinski definition) is 5. The van der Waals surface area contributed by atoms with E-state index in [0.29, 0.717) is 23.7 Å². The number of aromatic nitrogens is 2. The van der Waals surface area contributed by atoms with Crippen LogP contribution in [0.1, 0.15) is 25.3 Å². The Balaban J connectivity index is 1.82. The molecule has 1 aliphatic heterocycles. The van der Waals surface area contributed by atoms with E-state index < -0.39 is 0 Å². The average molecular weight is 361 g/mol. The number of anilines is 1. The van der Waals surface area contributed by atoms with Crippen LogP contribution in [-0.2, 0) is 4.79 Å². The van der Waals surface area contributed by atoms with Gasteiger partial charge in [-0.15, -0.1) is 0 Å². The molecule has 27 heavy (non-hydrogen) atoms. The summed E-state index contributed by atoms with van der Waals surface area (Å²) < 4.78 is 0. The van der Waals surface area contributed by atoms with Gasteiger partial charge in [0, 0.05) is 24.9 Å². The molecule has 1 saturated heterocycles. The Morgan fingerprint density at radius 3 is 2.81 bits per heavy atom. The maximum Gasteiger partial charge on any atom is 0.165 e. The molecule has 0 radical (unpaired) electrons. The van der Waals surface area contributed by atoms with Crippen molar-refractivity contribution in [3.63, 3.8) is 0 Å². The minimum absolute atomic E-state index is 0.173. The lowest BCUT2D eigenvalue weighted by Crippen LogP contribution is -2.22. The van der Waals surface area contributed by atoms with E-state index in [2.05, 4.69) is 17.0 Å². The molecule has 1 aliphatic rings. The van der Waals surface area contributed by atoms with Gasteiger partial charge in [0.05, 0.1) is 11.1 Å². The largest absolute Gasteiger partial charge is 0.507 e. The molecule has 1 fully saturated rings. The number of benzene rings is 2. The monoisotopic (exact) mass is 361 g/mol. The molecule has 0 aliphatic carbocycles. The summed E-state index contributed by atoms with van der Waals surface area (Å²) in [5.74, 6) is 2.18. The van der Waals surface area contributed by atoms with E-state index in [1.165, 1.54) is 0 Å². The summed E-state index contributed by atoms with van der Waals surface area (Å²) in [5.41, 5.74) is 2.63. The molecule has 2 heterocycles. The number of aromatic hydroxyl groups is 1. The second-order valence-corrected chi connectivity index (χ2v) is 7.42. The maximum atomic E-state index is 11.5. The molecule has 4 rings (SSSR count). The number of aryl methyl sites for hydroxylation is 1. The Morgan fingerprint density at radius 2 is 2.04 bits per heavy atom. The van der Waals surface area contributed by atoms with Crippen LogP contribution in [0.4, 0.5) is 5.82 Å². The first-order valence-corrected chi connectivity index (χ1v) is 9.32. The number of rotatable bonds is 4. The van der Waals surface area contributed by atoms with Gasteiger partial charge in [-0.2, -0.15) is 0 Å². The van der Waals surface area contributed by atoms with Crippen LogP contribution in [0.25, 0.3) is 22.3 Å². The molecule has 0 saturated carbocycles. The van der Waals surface area contributed by atoms with Crippen molar-refractivity contribution in [2.75, 3.05) is 18.0 Å². The molecule has 1 N–H and O–H groups in total. The van der Waals surface area contributed by atoms with Gasteiger partial charge in [0.1, 0.15) is 17.4 Å². The number of carbonyl (C=O) groups excluding carboxylic acids is 1. The molecule has 5 nitrogen and oxygen atoms in total. The first kappa shape index (κ1) is 17.5. The van der Waals surface area contributed by atoms with Gasteiger partial charge in [0.25, 0.3) is 0 Å². The standard InChI is InChI=1S/C22H23N3O2/c1-14-7-8-17-19(11-14)23-21(18-5-3-4-6-20(18)27)24-22(17)25-10-9-16(13-25)12-15(2)26/h3-8,11,16,27H,9-10,12-13H2,1-2H3. The molecule has 0 amide bonds. The van der Waals surface area contributed by atoms with E-state index in [1.54, 1.807) is 19.1 Å². The van der Waals surface area contributed by atoms with Crippen molar-refractivity contribution in [1.82, 2.24) is 9.97 Å². The lowest BCUT2D eigenvalue weighted by atomic mass is 10.0. The molecule has 3 aromatic rings. The van der Waals surface area contributed by atoms with E-state index in [-0.39, 0.29) is 11.5 Å². The van der Waals surface area contributed by atoms with Crippen molar-refractivity contribution < 1.29 is 9.90 Å². The Hall–Kier alpha value is -2.95. The van der Waals surface area contributed by atoms with Crippen molar-refractivity contribution in [2.45, 2.75) is 26.7 Å². The van der Waals surface area contributed by atoms with Crippen molar-refractivity contribution in [3.8, 4) is 17.1 Å². The van der Waals surface area contributed by atoms with Crippen LogP contribution < -0.4 is 4.90 Å². The predicted molar refractivity (Wildman–Crippen MR) is 107 cm³/mol. The van der Waals surface area contributed by atoms with Crippen molar-refractivity contribution in [1.29, 1.82) is 0 Å². The summed E-state index contributed by atoms with van der Waals surface area (Å²) in [6.07, 6.45) is 1.60. The fourth-order valence-electron chi connectivity index (χ4n) is 3.85. The number of ketones is 1. The van der Waals surface area contributed by atoms with Crippen LogP contribution in [0.2, 0.25) is 0 Å². The third kappa shape index (κ3) is 3.50. The number of fused-ring (bicyclic) bond motifs is 1. The molecule has 5 heteroatoms. The number of hydrogen-bond donors (Lipinski definition) is 1. The smallest absolute Gasteiger partial charge is 0.165 e. The van der Waals surface area contributed by atoms with Gasteiger partial charge >= 0.3 is 0 Å². The molecule has 0 spiro atoms. The van der Waals surface area contributed by atoms with Crippen LogP contribution in [0.15, 0.2) is 42.5 Å². The minimum Gasteiger partial charge on any atom is -0.507 e. The SMILES string of the molecule is CC(=O)CC1CCN(c2nc(-c3ccccc3O)nc3cc(C)ccc23)C1. The zero-order chi connectivity index (χ0) is 19.0. The Kier molecular flexibility index (Phi) is 4.52. The molecule has 1 unspecified atom stereocenters. The zero-order valence-electron chi connectivity index (χ0n) is 15.6. The second kappa shape index (κ2) is 6.99. The highest BCUT2D eigenvalue weighted by Crippen LogP contribution is 2.34. The Labute approximate surface area is 158 Å².